The van der Waals surface area contributed by atoms with E-state index in [0.29, 0.717) is 33.5 Å². The van der Waals surface area contributed by atoms with Crippen LogP contribution in [0.1, 0.15) is 0 Å². The maximum atomic E-state index is 12.6. The van der Waals surface area contributed by atoms with Gasteiger partial charge in [0.05, 0.1) is 17.9 Å². The van der Waals surface area contributed by atoms with Crippen molar-refractivity contribution >= 4 is 51.5 Å². The third-order valence-corrected chi connectivity index (χ3v) is 3.50. The molecule has 0 saturated carbocycles. The van der Waals surface area contributed by atoms with Crippen LogP contribution >= 0.6 is 0 Å². The predicted octanol–water partition coefficient (Wildman–Crippen LogP) is 1.75. The van der Waals surface area contributed by atoms with E-state index in [1.165, 1.54) is 0 Å². The SMILES string of the molecule is COc1ccc2oc3cc(-c4nnn[nH]4)ccc3c(=O)c2c1.[Na]. The van der Waals surface area contributed by atoms with Crippen LogP contribution in [0.15, 0.2) is 45.6 Å². The van der Waals surface area contributed by atoms with E-state index in [1.54, 1.807) is 43.5 Å². The summed E-state index contributed by atoms with van der Waals surface area (Å²) >= 11 is 0. The largest absolute Gasteiger partial charge is 0.497 e. The smallest absolute Gasteiger partial charge is 0.200 e. The van der Waals surface area contributed by atoms with Crippen molar-refractivity contribution < 1.29 is 9.15 Å². The number of nitrogens with zero attached hydrogens (tertiary/aromatic N) is 3. The van der Waals surface area contributed by atoms with Gasteiger partial charge >= 0.3 is 0 Å². The first-order valence-electron chi connectivity index (χ1n) is 6.55. The number of methoxy groups -OCH3 is 1. The third-order valence-electron chi connectivity index (χ3n) is 3.50. The normalized spacial score (nSPS) is 10.7. The number of tetrazole rings is 1. The molecule has 0 aliphatic rings. The van der Waals surface area contributed by atoms with Crippen LogP contribution in [0.2, 0.25) is 0 Å². The quantitative estimate of drug-likeness (QED) is 0.447. The number of H-pyrrole nitrogens is 1. The average molecular weight is 317 g/mol. The van der Waals surface area contributed by atoms with Gasteiger partial charge in [-0.2, -0.15) is 0 Å². The fraction of sp³-hybridized carbons (Fsp3) is 0.0667. The van der Waals surface area contributed by atoms with Gasteiger partial charge in [-0.3, -0.25) is 4.79 Å². The molecule has 0 atom stereocenters. The fourth-order valence-corrected chi connectivity index (χ4v) is 2.39. The summed E-state index contributed by atoms with van der Waals surface area (Å²) in [7, 11) is 1.56. The van der Waals surface area contributed by atoms with Crippen LogP contribution in [0, 0.1) is 0 Å². The standard InChI is InChI=1S/C15H10N4O3.Na/c1-21-9-3-5-12-11(7-9)14(20)10-4-2-8(6-13(10)22-12)15-16-18-19-17-15;/h2-7H,1H3,(H,16,17,18,19);. The van der Waals surface area contributed by atoms with Gasteiger partial charge in [0.15, 0.2) is 5.82 Å². The van der Waals surface area contributed by atoms with Gasteiger partial charge in [-0.1, -0.05) is 6.07 Å². The zero-order chi connectivity index (χ0) is 15.1. The molecule has 0 amide bonds. The number of hydrogen-bond acceptors (Lipinski definition) is 6. The monoisotopic (exact) mass is 317 g/mol. The van der Waals surface area contributed by atoms with Crippen LogP contribution in [0.25, 0.3) is 33.3 Å². The van der Waals surface area contributed by atoms with Gasteiger partial charge in [-0.15, -0.1) is 5.10 Å². The second-order valence-electron chi connectivity index (χ2n) is 4.75. The molecule has 0 fully saturated rings. The van der Waals surface area contributed by atoms with E-state index in [-0.39, 0.29) is 35.0 Å². The number of ether oxygens (including phenoxy) is 1. The number of fused-ring (bicyclic) bond motifs is 2. The number of hydrogen-bond donors (Lipinski definition) is 1. The summed E-state index contributed by atoms with van der Waals surface area (Å²) < 4.78 is 11.0. The van der Waals surface area contributed by atoms with Crippen LogP contribution in [0.5, 0.6) is 5.75 Å². The summed E-state index contributed by atoms with van der Waals surface area (Å²) in [5, 5.41) is 14.6. The molecule has 7 nitrogen and oxygen atoms in total. The summed E-state index contributed by atoms with van der Waals surface area (Å²) in [5.41, 5.74) is 1.63. The van der Waals surface area contributed by atoms with E-state index in [2.05, 4.69) is 20.6 Å². The van der Waals surface area contributed by atoms with Gasteiger partial charge in [0.25, 0.3) is 0 Å². The Labute approximate surface area is 151 Å². The first-order chi connectivity index (χ1) is 10.8. The number of aromatic nitrogens is 4. The Bertz CT molecular complexity index is 1040. The van der Waals surface area contributed by atoms with Crippen molar-refractivity contribution in [3.8, 4) is 17.1 Å². The van der Waals surface area contributed by atoms with Crippen LogP contribution in [-0.2, 0) is 0 Å². The molecule has 0 saturated heterocycles. The molecule has 8 heteroatoms. The van der Waals surface area contributed by atoms with Gasteiger partial charge in [0.1, 0.15) is 16.9 Å². The minimum absolute atomic E-state index is 0. The first-order valence-corrected chi connectivity index (χ1v) is 6.55. The molecule has 4 aromatic rings. The van der Waals surface area contributed by atoms with Crippen molar-refractivity contribution in [3.63, 3.8) is 0 Å². The molecule has 0 unspecified atom stereocenters. The number of nitrogens with one attached hydrogen (secondary N) is 1. The van der Waals surface area contributed by atoms with Crippen molar-refractivity contribution in [1.29, 1.82) is 0 Å². The van der Waals surface area contributed by atoms with Gasteiger partial charge in [-0.25, -0.2) is 5.10 Å². The van der Waals surface area contributed by atoms with Gasteiger partial charge in [0, 0.05) is 35.1 Å². The number of aromatic amines is 1. The Kier molecular flexibility index (Phi) is 4.16. The van der Waals surface area contributed by atoms with Crippen molar-refractivity contribution in [2.45, 2.75) is 0 Å². The molecule has 4 rings (SSSR count). The zero-order valence-corrected chi connectivity index (χ0v) is 14.5. The van der Waals surface area contributed by atoms with Gasteiger partial charge in [-0.05, 0) is 40.8 Å². The van der Waals surface area contributed by atoms with Gasteiger partial charge in [0.2, 0.25) is 5.43 Å². The maximum absolute atomic E-state index is 12.6. The van der Waals surface area contributed by atoms with Crippen molar-refractivity contribution in [2.24, 2.45) is 0 Å². The maximum Gasteiger partial charge on any atom is 0.200 e. The predicted molar refractivity (Wildman–Crippen MR) is 85.5 cm³/mol. The molecule has 23 heavy (non-hydrogen) atoms. The molecule has 0 aliphatic heterocycles. The van der Waals surface area contributed by atoms with E-state index < -0.39 is 0 Å². The minimum atomic E-state index is -0.0996. The minimum Gasteiger partial charge on any atom is -0.497 e. The first kappa shape index (κ1) is 15.7. The summed E-state index contributed by atoms with van der Waals surface area (Å²) in [4.78, 5) is 12.6. The second kappa shape index (κ2) is 6.11. The molecule has 109 valence electrons. The fourth-order valence-electron chi connectivity index (χ4n) is 2.39. The van der Waals surface area contributed by atoms with E-state index in [0.717, 1.165) is 5.56 Å². The molecule has 2 aromatic heterocycles. The summed E-state index contributed by atoms with van der Waals surface area (Å²) in [6.45, 7) is 0. The summed E-state index contributed by atoms with van der Waals surface area (Å²) in [6, 6.07) is 10.4. The van der Waals surface area contributed by atoms with E-state index in [4.69, 9.17) is 9.15 Å². The molecule has 1 N–H and O–H groups in total. The molecule has 2 heterocycles. The van der Waals surface area contributed by atoms with Crippen molar-refractivity contribution in [3.05, 3.63) is 46.6 Å². The Balaban J connectivity index is 0.00000156. The van der Waals surface area contributed by atoms with Crippen LogP contribution in [0.3, 0.4) is 0 Å². The Morgan fingerprint density at radius 3 is 2.70 bits per heavy atom. The summed E-state index contributed by atoms with van der Waals surface area (Å²) in [5.74, 6) is 1.13. The van der Waals surface area contributed by atoms with Crippen molar-refractivity contribution in [2.75, 3.05) is 7.11 Å². The van der Waals surface area contributed by atoms with Gasteiger partial charge < -0.3 is 9.15 Å². The van der Waals surface area contributed by atoms with Crippen LogP contribution in [-0.4, -0.2) is 57.3 Å². The van der Waals surface area contributed by atoms with E-state index in [9.17, 15) is 4.79 Å². The molecule has 2 aromatic carbocycles. The number of benzene rings is 2. The Morgan fingerprint density at radius 2 is 1.96 bits per heavy atom. The zero-order valence-electron chi connectivity index (χ0n) is 12.5. The molecule has 0 aliphatic carbocycles. The topological polar surface area (TPSA) is 93.9 Å². The average Bonchev–Trinajstić information content (AvgIpc) is 3.09. The van der Waals surface area contributed by atoms with Crippen molar-refractivity contribution in [1.82, 2.24) is 20.6 Å². The third kappa shape index (κ3) is 2.63. The summed E-state index contributed by atoms with van der Waals surface area (Å²) in [6.07, 6.45) is 0. The molecule has 1 radical (unpaired) electrons. The number of rotatable bonds is 2. The Morgan fingerprint density at radius 1 is 1.09 bits per heavy atom. The van der Waals surface area contributed by atoms with Crippen LogP contribution < -0.4 is 10.2 Å². The molecular weight excluding hydrogens is 307 g/mol. The van der Waals surface area contributed by atoms with Crippen LogP contribution in [0.4, 0.5) is 0 Å². The molecule has 0 spiro atoms. The second-order valence-corrected chi connectivity index (χ2v) is 4.75. The Hall–Kier alpha value is -2.22. The van der Waals surface area contributed by atoms with E-state index >= 15 is 0 Å². The molecular formula is C15H10N4NaO3. The molecule has 0 bridgehead atoms. The van der Waals surface area contributed by atoms with E-state index in [1.807, 2.05) is 0 Å².